The third-order valence-corrected chi connectivity index (χ3v) is 4.19. The maximum absolute atomic E-state index is 11.0. The van der Waals surface area contributed by atoms with Crippen molar-refractivity contribution in [2.24, 2.45) is 11.8 Å². The quantitative estimate of drug-likeness (QED) is 0.931. The molecular weight excluding hydrogens is 252 g/mol. The average molecular weight is 270 g/mol. The van der Waals surface area contributed by atoms with Crippen molar-refractivity contribution in [2.75, 3.05) is 18.0 Å². The SMILES string of the molecule is Cc1cc2ccccc2nc1N1CC(C(C)C(=O)O)C1. The van der Waals surface area contributed by atoms with Gasteiger partial charge in [-0.3, -0.25) is 4.79 Å². The molecule has 20 heavy (non-hydrogen) atoms. The van der Waals surface area contributed by atoms with E-state index in [9.17, 15) is 4.79 Å². The van der Waals surface area contributed by atoms with Gasteiger partial charge in [0.15, 0.2) is 0 Å². The molecule has 0 amide bonds. The minimum atomic E-state index is -0.710. The summed E-state index contributed by atoms with van der Waals surface area (Å²) < 4.78 is 0. The Morgan fingerprint density at radius 2 is 2.10 bits per heavy atom. The molecule has 1 aliphatic rings. The molecular formula is C16H18N2O2. The highest BCUT2D eigenvalue weighted by molar-refractivity contribution is 5.82. The highest BCUT2D eigenvalue weighted by Crippen LogP contribution is 2.31. The number of aryl methyl sites for hydroxylation is 1. The first-order valence-corrected chi connectivity index (χ1v) is 6.90. The number of aromatic nitrogens is 1. The lowest BCUT2D eigenvalue weighted by Gasteiger charge is -2.42. The molecule has 0 spiro atoms. The zero-order valence-corrected chi connectivity index (χ0v) is 11.7. The Balaban J connectivity index is 1.82. The van der Waals surface area contributed by atoms with E-state index in [1.165, 1.54) is 0 Å². The molecule has 1 saturated heterocycles. The van der Waals surface area contributed by atoms with Crippen LogP contribution in [0.3, 0.4) is 0 Å². The Hall–Kier alpha value is -2.10. The van der Waals surface area contributed by atoms with Gasteiger partial charge in [-0.25, -0.2) is 4.98 Å². The molecule has 1 aliphatic heterocycles. The fourth-order valence-corrected chi connectivity index (χ4v) is 2.74. The molecule has 0 radical (unpaired) electrons. The maximum atomic E-state index is 11.0. The van der Waals surface area contributed by atoms with Crippen LogP contribution in [0.2, 0.25) is 0 Å². The summed E-state index contributed by atoms with van der Waals surface area (Å²) in [7, 11) is 0. The molecule has 0 bridgehead atoms. The fraction of sp³-hybridized carbons (Fsp3) is 0.375. The number of hydrogen-bond donors (Lipinski definition) is 1. The Bertz CT molecular complexity index is 663. The van der Waals surface area contributed by atoms with Gasteiger partial charge in [-0.2, -0.15) is 0 Å². The molecule has 0 aliphatic carbocycles. The minimum absolute atomic E-state index is 0.222. The van der Waals surface area contributed by atoms with Crippen LogP contribution >= 0.6 is 0 Å². The summed E-state index contributed by atoms with van der Waals surface area (Å²) in [6, 6.07) is 10.2. The Labute approximate surface area is 118 Å². The van der Waals surface area contributed by atoms with Gasteiger partial charge in [0.2, 0.25) is 0 Å². The molecule has 1 atom stereocenters. The summed E-state index contributed by atoms with van der Waals surface area (Å²) in [6.45, 7) is 5.40. The summed E-state index contributed by atoms with van der Waals surface area (Å²) in [6.07, 6.45) is 0. The summed E-state index contributed by atoms with van der Waals surface area (Å²) in [5.41, 5.74) is 2.13. The topological polar surface area (TPSA) is 53.4 Å². The first-order chi connectivity index (χ1) is 9.56. The molecule has 0 saturated carbocycles. The molecule has 1 aromatic heterocycles. The lowest BCUT2D eigenvalue weighted by atomic mass is 9.87. The van der Waals surface area contributed by atoms with E-state index in [1.54, 1.807) is 6.92 Å². The van der Waals surface area contributed by atoms with Gasteiger partial charge >= 0.3 is 5.97 Å². The Kier molecular flexibility index (Phi) is 3.08. The van der Waals surface area contributed by atoms with Crippen molar-refractivity contribution in [3.8, 4) is 0 Å². The number of anilines is 1. The van der Waals surface area contributed by atoms with Crippen LogP contribution in [-0.4, -0.2) is 29.1 Å². The van der Waals surface area contributed by atoms with Gasteiger partial charge in [0, 0.05) is 24.4 Å². The van der Waals surface area contributed by atoms with Gasteiger partial charge in [0.1, 0.15) is 5.82 Å². The van der Waals surface area contributed by atoms with E-state index in [4.69, 9.17) is 10.1 Å². The van der Waals surface area contributed by atoms with E-state index >= 15 is 0 Å². The van der Waals surface area contributed by atoms with Gasteiger partial charge in [0.25, 0.3) is 0 Å². The molecule has 2 heterocycles. The van der Waals surface area contributed by atoms with Gasteiger partial charge in [-0.15, -0.1) is 0 Å². The highest BCUT2D eigenvalue weighted by atomic mass is 16.4. The van der Waals surface area contributed by atoms with Gasteiger partial charge in [-0.05, 0) is 24.6 Å². The first-order valence-electron chi connectivity index (χ1n) is 6.90. The van der Waals surface area contributed by atoms with Gasteiger partial charge in [0.05, 0.1) is 11.4 Å². The van der Waals surface area contributed by atoms with E-state index in [0.29, 0.717) is 0 Å². The van der Waals surface area contributed by atoms with Crippen molar-refractivity contribution in [3.63, 3.8) is 0 Å². The summed E-state index contributed by atoms with van der Waals surface area (Å²) in [4.78, 5) is 17.9. The molecule has 1 N–H and O–H groups in total. The number of rotatable bonds is 3. The molecule has 2 aromatic rings. The summed E-state index contributed by atoms with van der Waals surface area (Å²) in [5, 5.41) is 10.2. The molecule has 1 fully saturated rings. The van der Waals surface area contributed by atoms with Crippen molar-refractivity contribution in [3.05, 3.63) is 35.9 Å². The molecule has 1 unspecified atom stereocenters. The second kappa shape index (κ2) is 4.78. The second-order valence-corrected chi connectivity index (χ2v) is 5.61. The van der Waals surface area contributed by atoms with Gasteiger partial charge < -0.3 is 10.0 Å². The van der Waals surface area contributed by atoms with E-state index in [1.807, 2.05) is 18.2 Å². The third kappa shape index (κ3) is 2.11. The number of para-hydroxylation sites is 1. The second-order valence-electron chi connectivity index (χ2n) is 5.61. The lowest BCUT2D eigenvalue weighted by Crippen LogP contribution is -2.51. The first kappa shape index (κ1) is 12.9. The number of carbonyl (C=O) groups is 1. The molecule has 4 heteroatoms. The van der Waals surface area contributed by atoms with Crippen molar-refractivity contribution < 1.29 is 9.90 Å². The van der Waals surface area contributed by atoms with Crippen LogP contribution in [0.15, 0.2) is 30.3 Å². The Morgan fingerprint density at radius 3 is 2.80 bits per heavy atom. The van der Waals surface area contributed by atoms with Crippen LogP contribution < -0.4 is 4.90 Å². The molecule has 4 nitrogen and oxygen atoms in total. The van der Waals surface area contributed by atoms with Crippen LogP contribution in [0.5, 0.6) is 0 Å². The van der Waals surface area contributed by atoms with Crippen molar-refractivity contribution >= 4 is 22.7 Å². The smallest absolute Gasteiger partial charge is 0.306 e. The van der Waals surface area contributed by atoms with E-state index in [0.717, 1.165) is 35.4 Å². The Morgan fingerprint density at radius 1 is 1.40 bits per heavy atom. The standard InChI is InChI=1S/C16H18N2O2/c1-10-7-12-5-3-4-6-14(12)17-15(10)18-8-13(9-18)11(2)16(19)20/h3-7,11,13H,8-9H2,1-2H3,(H,19,20). The van der Waals surface area contributed by atoms with E-state index in [2.05, 4.69) is 24.0 Å². The third-order valence-electron chi connectivity index (χ3n) is 4.19. The van der Waals surface area contributed by atoms with E-state index in [-0.39, 0.29) is 11.8 Å². The number of aliphatic carboxylic acids is 1. The minimum Gasteiger partial charge on any atom is -0.481 e. The van der Waals surface area contributed by atoms with Gasteiger partial charge in [-0.1, -0.05) is 25.1 Å². The number of pyridine rings is 1. The highest BCUT2D eigenvalue weighted by Gasteiger charge is 2.35. The average Bonchev–Trinajstić information content (AvgIpc) is 2.37. The normalized spacial score (nSPS) is 17.0. The van der Waals surface area contributed by atoms with Crippen LogP contribution in [0, 0.1) is 18.8 Å². The maximum Gasteiger partial charge on any atom is 0.306 e. The van der Waals surface area contributed by atoms with Crippen molar-refractivity contribution in [1.29, 1.82) is 0 Å². The molecule has 3 rings (SSSR count). The van der Waals surface area contributed by atoms with Crippen LogP contribution in [0.4, 0.5) is 5.82 Å². The summed E-state index contributed by atoms with van der Waals surface area (Å²) >= 11 is 0. The number of carboxylic acid groups (broad SMARTS) is 1. The van der Waals surface area contributed by atoms with Crippen LogP contribution in [0.1, 0.15) is 12.5 Å². The predicted octanol–water partition coefficient (Wildman–Crippen LogP) is 2.70. The van der Waals surface area contributed by atoms with Crippen molar-refractivity contribution in [1.82, 2.24) is 4.98 Å². The lowest BCUT2D eigenvalue weighted by molar-refractivity contribution is -0.143. The number of fused-ring (bicyclic) bond motifs is 1. The largest absolute Gasteiger partial charge is 0.481 e. The number of hydrogen-bond acceptors (Lipinski definition) is 3. The number of carboxylic acids is 1. The molecule has 104 valence electrons. The van der Waals surface area contributed by atoms with Crippen molar-refractivity contribution in [2.45, 2.75) is 13.8 Å². The zero-order valence-electron chi connectivity index (χ0n) is 11.7. The molecule has 1 aromatic carbocycles. The summed E-state index contributed by atoms with van der Waals surface area (Å²) in [5.74, 6) is 0.211. The zero-order chi connectivity index (χ0) is 14.3. The monoisotopic (exact) mass is 270 g/mol. The number of benzene rings is 1. The van der Waals surface area contributed by atoms with Crippen LogP contribution in [0.25, 0.3) is 10.9 Å². The predicted molar refractivity (Wildman–Crippen MR) is 79.0 cm³/mol. The fourth-order valence-electron chi connectivity index (χ4n) is 2.74. The van der Waals surface area contributed by atoms with Crippen LogP contribution in [-0.2, 0) is 4.79 Å². The van der Waals surface area contributed by atoms with E-state index < -0.39 is 5.97 Å². The number of nitrogens with zero attached hydrogens (tertiary/aromatic N) is 2.